The van der Waals surface area contributed by atoms with E-state index < -0.39 is 0 Å². The molecule has 98 valence electrons. The summed E-state index contributed by atoms with van der Waals surface area (Å²) in [6.45, 7) is 5.89. The van der Waals surface area contributed by atoms with E-state index in [1.54, 1.807) is 18.2 Å². The van der Waals surface area contributed by atoms with Gasteiger partial charge in [-0.1, -0.05) is 18.2 Å². The van der Waals surface area contributed by atoms with E-state index in [1.807, 2.05) is 19.1 Å². The fourth-order valence-corrected chi connectivity index (χ4v) is 1.52. The normalized spacial score (nSPS) is 11.6. The Kier molecular flexibility index (Phi) is 5.77. The molecule has 0 aliphatic rings. The molecule has 0 aliphatic heterocycles. The number of nitrogens with one attached hydrogen (secondary N) is 1. The third-order valence-corrected chi connectivity index (χ3v) is 2.43. The summed E-state index contributed by atoms with van der Waals surface area (Å²) in [7, 11) is 0. The first-order valence-corrected chi connectivity index (χ1v) is 6.01. The molecule has 3 N–H and O–H groups in total. The molecule has 0 radical (unpaired) electrons. The zero-order valence-corrected chi connectivity index (χ0v) is 10.7. The van der Waals surface area contributed by atoms with Crippen molar-refractivity contribution < 1.29 is 9.53 Å². The van der Waals surface area contributed by atoms with Crippen LogP contribution in [0.4, 0.5) is 5.69 Å². The van der Waals surface area contributed by atoms with E-state index in [0.717, 1.165) is 6.42 Å². The van der Waals surface area contributed by atoms with Gasteiger partial charge in [0, 0.05) is 6.04 Å². The van der Waals surface area contributed by atoms with Crippen molar-refractivity contribution in [3.8, 4) is 5.75 Å². The van der Waals surface area contributed by atoms with Gasteiger partial charge in [-0.25, -0.2) is 0 Å². The maximum absolute atomic E-state index is 11.5. The fraction of sp³-hybridized carbons (Fsp3) is 0.357. The number of benzene rings is 1. The van der Waals surface area contributed by atoms with Crippen molar-refractivity contribution in [2.24, 2.45) is 0 Å². The van der Waals surface area contributed by atoms with Gasteiger partial charge in [-0.2, -0.15) is 0 Å². The van der Waals surface area contributed by atoms with Crippen LogP contribution in [0.2, 0.25) is 0 Å². The Morgan fingerprint density at radius 2 is 2.28 bits per heavy atom. The average molecular weight is 248 g/mol. The molecule has 1 aromatic carbocycles. The van der Waals surface area contributed by atoms with Gasteiger partial charge in [0.15, 0.2) is 0 Å². The molecule has 1 rings (SSSR count). The Morgan fingerprint density at radius 3 is 2.94 bits per heavy atom. The lowest BCUT2D eigenvalue weighted by atomic mass is 10.2. The minimum atomic E-state index is -0.0288. The number of rotatable bonds is 7. The Morgan fingerprint density at radius 1 is 1.56 bits per heavy atom. The summed E-state index contributed by atoms with van der Waals surface area (Å²) in [6, 6.07) is 7.34. The van der Waals surface area contributed by atoms with E-state index >= 15 is 0 Å². The maximum atomic E-state index is 11.5. The van der Waals surface area contributed by atoms with Gasteiger partial charge in [0.2, 0.25) is 5.91 Å². The number of carbonyl (C=O) groups excluding carboxylic acids is 1. The summed E-state index contributed by atoms with van der Waals surface area (Å²) in [6.07, 6.45) is 2.86. The van der Waals surface area contributed by atoms with Crippen LogP contribution < -0.4 is 15.8 Å². The monoisotopic (exact) mass is 248 g/mol. The number of nitrogens with two attached hydrogens (primary N) is 1. The number of nitrogen functional groups attached to an aromatic ring is 1. The molecule has 0 saturated heterocycles. The quantitative estimate of drug-likeness (QED) is 0.574. The zero-order chi connectivity index (χ0) is 13.4. The first-order chi connectivity index (χ1) is 8.63. The molecular formula is C14H20N2O2. The van der Waals surface area contributed by atoms with Crippen LogP contribution in [-0.4, -0.2) is 18.6 Å². The molecule has 0 heterocycles. The van der Waals surface area contributed by atoms with Crippen molar-refractivity contribution in [2.75, 3.05) is 12.3 Å². The lowest BCUT2D eigenvalue weighted by Crippen LogP contribution is -2.32. The molecule has 18 heavy (non-hydrogen) atoms. The second kappa shape index (κ2) is 7.37. The zero-order valence-electron chi connectivity index (χ0n) is 10.7. The van der Waals surface area contributed by atoms with Crippen molar-refractivity contribution in [3.63, 3.8) is 0 Å². The molecule has 1 unspecified atom stereocenters. The molecular weight excluding hydrogens is 228 g/mol. The summed E-state index contributed by atoms with van der Waals surface area (Å²) in [5.74, 6) is 0.586. The van der Waals surface area contributed by atoms with Crippen LogP contribution in [0.15, 0.2) is 36.9 Å². The molecule has 0 bridgehead atoms. The highest BCUT2D eigenvalue weighted by Crippen LogP contribution is 2.19. The number of amides is 1. The highest BCUT2D eigenvalue weighted by Gasteiger charge is 2.06. The van der Waals surface area contributed by atoms with Crippen molar-refractivity contribution in [1.29, 1.82) is 0 Å². The van der Waals surface area contributed by atoms with E-state index in [1.165, 1.54) is 0 Å². The van der Waals surface area contributed by atoms with Gasteiger partial charge >= 0.3 is 0 Å². The van der Waals surface area contributed by atoms with Gasteiger partial charge in [0.05, 0.1) is 18.7 Å². The maximum Gasteiger partial charge on any atom is 0.223 e. The van der Waals surface area contributed by atoms with Crippen LogP contribution in [-0.2, 0) is 4.79 Å². The highest BCUT2D eigenvalue weighted by molar-refractivity contribution is 5.76. The Bertz CT molecular complexity index is 405. The molecule has 1 aromatic rings. The van der Waals surface area contributed by atoms with Crippen molar-refractivity contribution in [1.82, 2.24) is 5.32 Å². The van der Waals surface area contributed by atoms with E-state index in [0.29, 0.717) is 24.5 Å². The summed E-state index contributed by atoms with van der Waals surface area (Å²) >= 11 is 0. The molecule has 4 heteroatoms. The lowest BCUT2D eigenvalue weighted by molar-refractivity contribution is -0.122. The van der Waals surface area contributed by atoms with Gasteiger partial charge in [0.1, 0.15) is 5.75 Å². The van der Waals surface area contributed by atoms with E-state index in [9.17, 15) is 4.79 Å². The number of ether oxygens (including phenoxy) is 1. The van der Waals surface area contributed by atoms with Gasteiger partial charge in [0.25, 0.3) is 0 Å². The van der Waals surface area contributed by atoms with Gasteiger partial charge in [-0.3, -0.25) is 4.79 Å². The predicted octanol–water partition coefficient (Wildman–Crippen LogP) is 2.12. The molecule has 0 spiro atoms. The topological polar surface area (TPSA) is 64.3 Å². The van der Waals surface area contributed by atoms with Crippen LogP contribution in [0.5, 0.6) is 5.75 Å². The number of carbonyl (C=O) groups is 1. The molecule has 4 nitrogen and oxygen atoms in total. The largest absolute Gasteiger partial charge is 0.491 e. The highest BCUT2D eigenvalue weighted by atomic mass is 16.5. The van der Waals surface area contributed by atoms with Crippen LogP contribution >= 0.6 is 0 Å². The van der Waals surface area contributed by atoms with Crippen LogP contribution in [0.25, 0.3) is 0 Å². The third-order valence-electron chi connectivity index (χ3n) is 2.43. The SMILES string of the molecule is C=CCC(C)NC(=O)CCOc1ccccc1N. The second-order valence-electron chi connectivity index (χ2n) is 4.13. The van der Waals surface area contributed by atoms with E-state index in [-0.39, 0.29) is 11.9 Å². The molecule has 0 fully saturated rings. The average Bonchev–Trinajstić information content (AvgIpc) is 2.31. The molecule has 0 saturated carbocycles. The minimum absolute atomic E-state index is 0.0288. The summed E-state index contributed by atoms with van der Waals surface area (Å²) in [5, 5.41) is 2.86. The van der Waals surface area contributed by atoms with E-state index in [4.69, 9.17) is 10.5 Å². The number of para-hydroxylation sites is 2. The number of anilines is 1. The van der Waals surface area contributed by atoms with Crippen LogP contribution in [0, 0.1) is 0 Å². The van der Waals surface area contributed by atoms with Gasteiger partial charge in [-0.15, -0.1) is 6.58 Å². The van der Waals surface area contributed by atoms with Crippen molar-refractivity contribution in [3.05, 3.63) is 36.9 Å². The standard InChI is InChI=1S/C14H20N2O2/c1-3-6-11(2)16-14(17)9-10-18-13-8-5-4-7-12(13)15/h3-5,7-8,11H,1,6,9-10,15H2,2H3,(H,16,17). The Hall–Kier alpha value is -1.97. The second-order valence-corrected chi connectivity index (χ2v) is 4.13. The first kappa shape index (κ1) is 14.1. The van der Waals surface area contributed by atoms with E-state index in [2.05, 4.69) is 11.9 Å². The van der Waals surface area contributed by atoms with Crippen molar-refractivity contribution >= 4 is 11.6 Å². The molecule has 1 atom stereocenters. The van der Waals surface area contributed by atoms with Crippen LogP contribution in [0.1, 0.15) is 19.8 Å². The third kappa shape index (κ3) is 4.91. The summed E-state index contributed by atoms with van der Waals surface area (Å²) < 4.78 is 5.44. The number of hydrogen-bond donors (Lipinski definition) is 2. The smallest absolute Gasteiger partial charge is 0.223 e. The minimum Gasteiger partial charge on any atom is -0.491 e. The molecule has 0 aliphatic carbocycles. The Labute approximate surface area is 108 Å². The summed E-state index contributed by atoms with van der Waals surface area (Å²) in [4.78, 5) is 11.5. The predicted molar refractivity (Wildman–Crippen MR) is 73.4 cm³/mol. The van der Waals surface area contributed by atoms with Gasteiger partial charge in [-0.05, 0) is 25.5 Å². The lowest BCUT2D eigenvalue weighted by Gasteiger charge is -2.12. The Balaban J connectivity index is 2.27. The van der Waals surface area contributed by atoms with Crippen molar-refractivity contribution in [2.45, 2.75) is 25.8 Å². The first-order valence-electron chi connectivity index (χ1n) is 6.01. The number of hydrogen-bond acceptors (Lipinski definition) is 3. The molecule has 1 amide bonds. The van der Waals surface area contributed by atoms with Crippen LogP contribution in [0.3, 0.4) is 0 Å². The summed E-state index contributed by atoms with van der Waals surface area (Å²) in [5.41, 5.74) is 6.30. The fourth-order valence-electron chi connectivity index (χ4n) is 1.52. The molecule has 0 aromatic heterocycles. The van der Waals surface area contributed by atoms with Gasteiger partial charge < -0.3 is 15.8 Å².